The number of likely N-dealkylation sites (N-methyl/N-ethyl adjacent to an activating group) is 1. The van der Waals surface area contributed by atoms with Crippen molar-refractivity contribution in [3.8, 4) is 17.2 Å². The van der Waals surface area contributed by atoms with Crippen LogP contribution in [0.15, 0.2) is 71.2 Å². The standard InChI is InChI=1S/C25H24BrNO4/c1-4-30-24(28)27(2)16-25(17-10-6-5-7-11-17)18-12-8-9-13-20(18)31-23-21(29-3)15-14-19(26)22(23)25/h5-15H,4,16H2,1-3H3. The Morgan fingerprint density at radius 1 is 1.06 bits per heavy atom. The second-order valence-electron chi connectivity index (χ2n) is 7.38. The summed E-state index contributed by atoms with van der Waals surface area (Å²) in [4.78, 5) is 14.3. The predicted molar refractivity (Wildman–Crippen MR) is 123 cm³/mol. The summed E-state index contributed by atoms with van der Waals surface area (Å²) in [5, 5.41) is 0. The molecule has 0 saturated carbocycles. The maximum Gasteiger partial charge on any atom is 0.409 e. The zero-order valence-corrected chi connectivity index (χ0v) is 19.3. The van der Waals surface area contributed by atoms with Crippen molar-refractivity contribution in [3.63, 3.8) is 0 Å². The van der Waals surface area contributed by atoms with Gasteiger partial charge in [-0.3, -0.25) is 0 Å². The Kier molecular flexibility index (Phi) is 5.92. The van der Waals surface area contributed by atoms with E-state index < -0.39 is 5.41 Å². The lowest BCUT2D eigenvalue weighted by Gasteiger charge is -2.43. The average Bonchev–Trinajstić information content (AvgIpc) is 2.79. The maximum atomic E-state index is 12.7. The number of hydrogen-bond acceptors (Lipinski definition) is 4. The molecular weight excluding hydrogens is 458 g/mol. The van der Waals surface area contributed by atoms with Gasteiger partial charge in [0.1, 0.15) is 5.75 Å². The third-order valence-corrected chi connectivity index (χ3v) is 6.26. The Morgan fingerprint density at radius 3 is 2.48 bits per heavy atom. The van der Waals surface area contributed by atoms with Crippen molar-refractivity contribution in [2.45, 2.75) is 12.3 Å². The van der Waals surface area contributed by atoms with Gasteiger partial charge in [0.15, 0.2) is 11.5 Å². The van der Waals surface area contributed by atoms with Gasteiger partial charge in [0.05, 0.1) is 19.1 Å². The molecule has 4 rings (SSSR count). The van der Waals surface area contributed by atoms with Crippen LogP contribution < -0.4 is 9.47 Å². The van der Waals surface area contributed by atoms with E-state index in [0.717, 1.165) is 26.9 Å². The van der Waals surface area contributed by atoms with Gasteiger partial charge in [-0.2, -0.15) is 0 Å². The Morgan fingerprint density at radius 2 is 1.77 bits per heavy atom. The summed E-state index contributed by atoms with van der Waals surface area (Å²) in [7, 11) is 3.39. The first-order valence-corrected chi connectivity index (χ1v) is 10.9. The van der Waals surface area contributed by atoms with Crippen molar-refractivity contribution >= 4 is 22.0 Å². The van der Waals surface area contributed by atoms with Crippen molar-refractivity contribution in [2.75, 3.05) is 27.3 Å². The molecule has 31 heavy (non-hydrogen) atoms. The molecule has 1 unspecified atom stereocenters. The van der Waals surface area contributed by atoms with Crippen molar-refractivity contribution in [1.82, 2.24) is 4.90 Å². The van der Waals surface area contributed by atoms with Gasteiger partial charge in [-0.1, -0.05) is 64.5 Å². The molecule has 1 amide bonds. The summed E-state index contributed by atoms with van der Waals surface area (Å²) in [6.45, 7) is 2.48. The Balaban J connectivity index is 2.06. The molecule has 1 heterocycles. The van der Waals surface area contributed by atoms with Crippen molar-refractivity contribution in [2.24, 2.45) is 0 Å². The van der Waals surface area contributed by atoms with Gasteiger partial charge in [-0.15, -0.1) is 0 Å². The Bertz CT molecular complexity index is 1100. The monoisotopic (exact) mass is 481 g/mol. The minimum atomic E-state index is -0.708. The molecule has 0 fully saturated rings. The van der Waals surface area contributed by atoms with E-state index >= 15 is 0 Å². The van der Waals surface area contributed by atoms with Crippen LogP contribution in [-0.2, 0) is 10.2 Å². The first-order valence-electron chi connectivity index (χ1n) is 10.1. The highest BCUT2D eigenvalue weighted by Gasteiger charge is 2.47. The lowest BCUT2D eigenvalue weighted by Crippen LogP contribution is -2.45. The van der Waals surface area contributed by atoms with E-state index in [0.29, 0.717) is 24.7 Å². The van der Waals surface area contributed by atoms with Crippen LogP contribution in [0.3, 0.4) is 0 Å². The highest BCUT2D eigenvalue weighted by molar-refractivity contribution is 9.10. The van der Waals surface area contributed by atoms with E-state index in [-0.39, 0.29) is 6.09 Å². The van der Waals surface area contributed by atoms with Gasteiger partial charge in [0, 0.05) is 29.2 Å². The zero-order valence-electron chi connectivity index (χ0n) is 17.7. The van der Waals surface area contributed by atoms with E-state index in [4.69, 9.17) is 14.2 Å². The topological polar surface area (TPSA) is 48.0 Å². The van der Waals surface area contributed by atoms with Gasteiger partial charge in [-0.25, -0.2) is 4.79 Å². The number of para-hydroxylation sites is 1. The fraction of sp³-hybridized carbons (Fsp3) is 0.240. The van der Waals surface area contributed by atoms with E-state index in [1.807, 2.05) is 48.5 Å². The third kappa shape index (κ3) is 3.55. The number of nitrogens with zero attached hydrogens (tertiary/aromatic N) is 1. The highest BCUT2D eigenvalue weighted by atomic mass is 79.9. The number of benzene rings is 3. The van der Waals surface area contributed by atoms with E-state index in [9.17, 15) is 4.79 Å². The quantitative estimate of drug-likeness (QED) is 0.449. The summed E-state index contributed by atoms with van der Waals surface area (Å²) in [5.74, 6) is 2.00. The third-order valence-electron chi connectivity index (χ3n) is 5.60. The van der Waals surface area contributed by atoms with Crippen LogP contribution in [0, 0.1) is 0 Å². The van der Waals surface area contributed by atoms with Gasteiger partial charge in [-0.05, 0) is 30.7 Å². The van der Waals surface area contributed by atoms with Crippen LogP contribution in [-0.4, -0.2) is 38.3 Å². The Hall–Kier alpha value is -2.99. The summed E-state index contributed by atoms with van der Waals surface area (Å²) in [6, 6.07) is 21.9. The van der Waals surface area contributed by atoms with Crippen LogP contribution in [0.1, 0.15) is 23.6 Å². The molecule has 0 bridgehead atoms. The second-order valence-corrected chi connectivity index (χ2v) is 8.23. The molecule has 5 nitrogen and oxygen atoms in total. The minimum absolute atomic E-state index is 0.315. The molecule has 1 aliphatic heterocycles. The summed E-state index contributed by atoms with van der Waals surface area (Å²) in [5.41, 5.74) is 2.21. The SMILES string of the molecule is CCOC(=O)N(C)CC1(c2ccccc2)c2ccccc2Oc2c(OC)ccc(Br)c21. The van der Waals surface area contributed by atoms with Crippen molar-refractivity contribution < 1.29 is 19.0 Å². The predicted octanol–water partition coefficient (Wildman–Crippen LogP) is 5.99. The number of ether oxygens (including phenoxy) is 3. The fourth-order valence-electron chi connectivity index (χ4n) is 4.28. The molecule has 0 saturated heterocycles. The van der Waals surface area contributed by atoms with E-state index in [1.165, 1.54) is 0 Å². The van der Waals surface area contributed by atoms with Gasteiger partial charge in [0.2, 0.25) is 0 Å². The number of amides is 1. The number of carbonyl (C=O) groups excluding carboxylic acids is 1. The minimum Gasteiger partial charge on any atom is -0.493 e. The molecule has 3 aromatic rings. The normalized spacial score (nSPS) is 16.5. The number of hydrogen-bond donors (Lipinski definition) is 0. The molecule has 0 aliphatic carbocycles. The lowest BCUT2D eigenvalue weighted by molar-refractivity contribution is 0.111. The molecule has 6 heteroatoms. The molecule has 0 radical (unpaired) electrons. The first-order chi connectivity index (χ1) is 15.0. The molecule has 1 atom stereocenters. The van der Waals surface area contributed by atoms with Crippen LogP contribution in [0.2, 0.25) is 0 Å². The average molecular weight is 482 g/mol. The molecule has 1 aliphatic rings. The molecule has 0 N–H and O–H groups in total. The van der Waals surface area contributed by atoms with E-state index in [2.05, 4.69) is 34.1 Å². The molecule has 3 aromatic carbocycles. The molecule has 160 valence electrons. The van der Waals surface area contributed by atoms with Gasteiger partial charge < -0.3 is 19.1 Å². The second kappa shape index (κ2) is 8.63. The van der Waals surface area contributed by atoms with Crippen molar-refractivity contribution in [3.05, 3.63) is 87.9 Å². The Labute approximate surface area is 190 Å². The molecule has 0 aromatic heterocycles. The van der Waals surface area contributed by atoms with Crippen LogP contribution >= 0.6 is 15.9 Å². The molecular formula is C25H24BrNO4. The maximum absolute atomic E-state index is 12.7. The van der Waals surface area contributed by atoms with Crippen molar-refractivity contribution in [1.29, 1.82) is 0 Å². The van der Waals surface area contributed by atoms with Crippen LogP contribution in [0.25, 0.3) is 0 Å². The summed E-state index contributed by atoms with van der Waals surface area (Å²) >= 11 is 3.76. The number of rotatable bonds is 5. The van der Waals surface area contributed by atoms with Crippen LogP contribution in [0.5, 0.6) is 17.2 Å². The first kappa shape index (κ1) is 21.2. The fourth-order valence-corrected chi connectivity index (χ4v) is 4.93. The number of fused-ring (bicyclic) bond motifs is 2. The number of halogens is 1. The summed E-state index contributed by atoms with van der Waals surface area (Å²) < 4.78 is 18.2. The van der Waals surface area contributed by atoms with Crippen LogP contribution in [0.4, 0.5) is 4.79 Å². The van der Waals surface area contributed by atoms with E-state index in [1.54, 1.807) is 26.0 Å². The number of carbonyl (C=O) groups is 1. The highest BCUT2D eigenvalue weighted by Crippen LogP contribution is 2.56. The van der Waals surface area contributed by atoms with Gasteiger partial charge in [0.25, 0.3) is 0 Å². The number of methoxy groups -OCH3 is 1. The lowest BCUT2D eigenvalue weighted by atomic mass is 9.67. The summed E-state index contributed by atoms with van der Waals surface area (Å²) in [6.07, 6.45) is -0.373. The zero-order chi connectivity index (χ0) is 22.0. The largest absolute Gasteiger partial charge is 0.493 e. The molecule has 0 spiro atoms. The smallest absolute Gasteiger partial charge is 0.409 e. The van der Waals surface area contributed by atoms with Gasteiger partial charge >= 0.3 is 6.09 Å².